The van der Waals surface area contributed by atoms with Crippen molar-refractivity contribution in [1.82, 2.24) is 15.5 Å². The monoisotopic (exact) mass is 369 g/mol. The van der Waals surface area contributed by atoms with Gasteiger partial charge >= 0.3 is 12.0 Å². The van der Waals surface area contributed by atoms with Crippen LogP contribution in [-0.4, -0.2) is 41.6 Å². The Labute approximate surface area is 160 Å². The van der Waals surface area contributed by atoms with E-state index in [1.54, 1.807) is 12.1 Å². The van der Waals surface area contributed by atoms with Crippen molar-refractivity contribution in [2.24, 2.45) is 0 Å². The first kappa shape index (κ1) is 20.5. The Hall–Kier alpha value is -2.86. The number of nitrogens with zero attached hydrogens (tertiary/aromatic N) is 1. The van der Waals surface area contributed by atoms with Crippen LogP contribution < -0.4 is 10.6 Å². The van der Waals surface area contributed by atoms with E-state index in [1.165, 1.54) is 17.7 Å². The van der Waals surface area contributed by atoms with Crippen molar-refractivity contribution in [3.63, 3.8) is 0 Å². The van der Waals surface area contributed by atoms with Gasteiger partial charge in [0, 0.05) is 25.7 Å². The van der Waals surface area contributed by atoms with Crippen LogP contribution in [0.4, 0.5) is 4.79 Å². The highest BCUT2D eigenvalue weighted by molar-refractivity contribution is 5.87. The van der Waals surface area contributed by atoms with Crippen molar-refractivity contribution >= 4 is 12.0 Å². The van der Waals surface area contributed by atoms with Gasteiger partial charge in [-0.2, -0.15) is 0 Å². The topological polar surface area (TPSA) is 81.7 Å². The third kappa shape index (κ3) is 7.11. The number of hydrogen-bond acceptors (Lipinski definition) is 3. The lowest BCUT2D eigenvalue weighted by molar-refractivity contribution is 0.0697. The van der Waals surface area contributed by atoms with Gasteiger partial charge in [-0.05, 0) is 43.7 Å². The highest BCUT2D eigenvalue weighted by atomic mass is 16.4. The summed E-state index contributed by atoms with van der Waals surface area (Å²) in [6.07, 6.45) is 0.851. The van der Waals surface area contributed by atoms with Crippen molar-refractivity contribution < 1.29 is 14.7 Å². The van der Waals surface area contributed by atoms with Gasteiger partial charge in [0.1, 0.15) is 0 Å². The molecule has 0 radical (unpaired) electrons. The molecule has 2 aromatic carbocycles. The normalized spacial score (nSPS) is 11.8. The zero-order chi connectivity index (χ0) is 19.6. The number of carboxylic acids is 1. The summed E-state index contributed by atoms with van der Waals surface area (Å²) >= 11 is 0. The molecule has 1 unspecified atom stereocenters. The first-order valence-electron chi connectivity index (χ1n) is 9.04. The first-order valence-corrected chi connectivity index (χ1v) is 9.04. The van der Waals surface area contributed by atoms with Gasteiger partial charge in [-0.15, -0.1) is 0 Å². The maximum absolute atomic E-state index is 11.9. The number of nitrogens with one attached hydrogen (secondary N) is 2. The SMILES string of the molecule is CC(CCNC(=O)NCc1ccc(C(=O)O)cc1)N(C)Cc1ccccc1. The van der Waals surface area contributed by atoms with E-state index in [4.69, 9.17) is 5.11 Å². The molecule has 2 aromatic rings. The Morgan fingerprint density at radius 2 is 1.67 bits per heavy atom. The van der Waals surface area contributed by atoms with E-state index in [0.717, 1.165) is 18.5 Å². The lowest BCUT2D eigenvalue weighted by atomic mass is 10.1. The number of benzene rings is 2. The molecule has 3 N–H and O–H groups in total. The highest BCUT2D eigenvalue weighted by Gasteiger charge is 2.10. The highest BCUT2D eigenvalue weighted by Crippen LogP contribution is 2.08. The first-order chi connectivity index (χ1) is 13.0. The van der Waals surface area contributed by atoms with Gasteiger partial charge in [0.2, 0.25) is 0 Å². The van der Waals surface area contributed by atoms with E-state index >= 15 is 0 Å². The van der Waals surface area contributed by atoms with E-state index in [-0.39, 0.29) is 11.6 Å². The Kier molecular flexibility index (Phi) is 7.82. The quantitative estimate of drug-likeness (QED) is 0.634. The van der Waals surface area contributed by atoms with Crippen LogP contribution in [-0.2, 0) is 13.1 Å². The van der Waals surface area contributed by atoms with Crippen molar-refractivity contribution in [1.29, 1.82) is 0 Å². The minimum atomic E-state index is -0.960. The molecule has 0 heterocycles. The second kappa shape index (κ2) is 10.3. The molecule has 0 aromatic heterocycles. The lowest BCUT2D eigenvalue weighted by Gasteiger charge is -2.25. The number of amides is 2. The van der Waals surface area contributed by atoms with Crippen LogP contribution in [0.2, 0.25) is 0 Å². The molecule has 27 heavy (non-hydrogen) atoms. The Bertz CT molecular complexity index is 732. The van der Waals surface area contributed by atoms with Gasteiger partial charge in [-0.3, -0.25) is 4.90 Å². The lowest BCUT2D eigenvalue weighted by Crippen LogP contribution is -2.38. The van der Waals surface area contributed by atoms with Gasteiger partial charge in [0.05, 0.1) is 5.56 Å². The summed E-state index contributed by atoms with van der Waals surface area (Å²) in [5.74, 6) is -0.960. The molecule has 0 aliphatic heterocycles. The van der Waals surface area contributed by atoms with Crippen molar-refractivity contribution in [3.8, 4) is 0 Å². The van der Waals surface area contributed by atoms with E-state index in [9.17, 15) is 9.59 Å². The minimum absolute atomic E-state index is 0.227. The van der Waals surface area contributed by atoms with Crippen LogP contribution in [0.1, 0.15) is 34.8 Å². The van der Waals surface area contributed by atoms with Crippen LogP contribution in [0.25, 0.3) is 0 Å². The van der Waals surface area contributed by atoms with Gasteiger partial charge in [0.15, 0.2) is 0 Å². The number of carbonyl (C=O) groups is 2. The molecule has 2 amide bonds. The molecule has 0 aliphatic rings. The second-order valence-electron chi connectivity index (χ2n) is 6.65. The molecular weight excluding hydrogens is 342 g/mol. The van der Waals surface area contributed by atoms with Crippen LogP contribution in [0, 0.1) is 0 Å². The van der Waals surface area contributed by atoms with Crippen molar-refractivity contribution in [2.45, 2.75) is 32.5 Å². The minimum Gasteiger partial charge on any atom is -0.478 e. The maximum atomic E-state index is 11.9. The zero-order valence-electron chi connectivity index (χ0n) is 15.8. The molecule has 6 nitrogen and oxygen atoms in total. The molecule has 0 saturated heterocycles. The van der Waals surface area contributed by atoms with Crippen molar-refractivity contribution in [2.75, 3.05) is 13.6 Å². The van der Waals surface area contributed by atoms with E-state index in [0.29, 0.717) is 19.1 Å². The molecule has 0 saturated carbocycles. The number of rotatable bonds is 9. The summed E-state index contributed by atoms with van der Waals surface area (Å²) in [7, 11) is 2.08. The third-order valence-corrected chi connectivity index (χ3v) is 4.53. The molecule has 0 aliphatic carbocycles. The Morgan fingerprint density at radius 3 is 2.30 bits per heavy atom. The Morgan fingerprint density at radius 1 is 1.00 bits per heavy atom. The molecule has 0 fully saturated rings. The molecule has 1 atom stereocenters. The summed E-state index contributed by atoms with van der Waals surface area (Å²) in [4.78, 5) is 25.0. The number of carboxylic acid groups (broad SMARTS) is 1. The van der Waals surface area contributed by atoms with Gasteiger partial charge in [-0.25, -0.2) is 9.59 Å². The fourth-order valence-electron chi connectivity index (χ4n) is 2.65. The average Bonchev–Trinajstić information content (AvgIpc) is 2.67. The molecule has 0 bridgehead atoms. The van der Waals surface area contributed by atoms with Gasteiger partial charge in [-0.1, -0.05) is 42.5 Å². The summed E-state index contributed by atoms with van der Waals surface area (Å²) < 4.78 is 0. The molecule has 6 heteroatoms. The van der Waals surface area contributed by atoms with Crippen LogP contribution in [0.5, 0.6) is 0 Å². The van der Waals surface area contributed by atoms with Gasteiger partial charge < -0.3 is 15.7 Å². The van der Waals surface area contributed by atoms with Crippen LogP contribution >= 0.6 is 0 Å². The summed E-state index contributed by atoms with van der Waals surface area (Å²) in [5.41, 5.74) is 2.36. The van der Waals surface area contributed by atoms with E-state index in [1.807, 2.05) is 18.2 Å². The average molecular weight is 369 g/mol. The zero-order valence-corrected chi connectivity index (χ0v) is 15.8. The summed E-state index contributed by atoms with van der Waals surface area (Å²) in [6.45, 7) is 3.96. The van der Waals surface area contributed by atoms with E-state index < -0.39 is 5.97 Å². The molecular formula is C21H27N3O3. The summed E-state index contributed by atoms with van der Waals surface area (Å²) in [5, 5.41) is 14.5. The number of aromatic carboxylic acids is 1. The summed E-state index contributed by atoms with van der Waals surface area (Å²) in [6, 6.07) is 16.9. The largest absolute Gasteiger partial charge is 0.478 e. The van der Waals surface area contributed by atoms with E-state index in [2.05, 4.69) is 41.6 Å². The predicted octanol–water partition coefficient (Wildman–Crippen LogP) is 3.09. The molecule has 144 valence electrons. The number of hydrogen-bond donors (Lipinski definition) is 3. The number of carbonyl (C=O) groups excluding carboxylic acids is 1. The smallest absolute Gasteiger partial charge is 0.335 e. The Balaban J connectivity index is 1.65. The van der Waals surface area contributed by atoms with Crippen molar-refractivity contribution in [3.05, 3.63) is 71.3 Å². The second-order valence-corrected chi connectivity index (χ2v) is 6.65. The third-order valence-electron chi connectivity index (χ3n) is 4.53. The van der Waals surface area contributed by atoms with Crippen LogP contribution in [0.15, 0.2) is 54.6 Å². The molecule has 2 rings (SSSR count). The fourth-order valence-corrected chi connectivity index (χ4v) is 2.65. The standard InChI is InChI=1S/C21H27N3O3/c1-16(24(2)15-18-6-4-3-5-7-18)12-13-22-21(27)23-14-17-8-10-19(11-9-17)20(25)26/h3-11,16H,12-15H2,1-2H3,(H,25,26)(H2,22,23,27). The maximum Gasteiger partial charge on any atom is 0.335 e. The molecule has 0 spiro atoms. The number of urea groups is 1. The fraction of sp³-hybridized carbons (Fsp3) is 0.333. The van der Waals surface area contributed by atoms with Crippen LogP contribution in [0.3, 0.4) is 0 Å². The predicted molar refractivity (Wildman–Crippen MR) is 106 cm³/mol. The van der Waals surface area contributed by atoms with Gasteiger partial charge in [0.25, 0.3) is 0 Å².